The number of hydrogen-bond donors (Lipinski definition) is 1. The maximum absolute atomic E-state index is 12.3. The van der Waals surface area contributed by atoms with Gasteiger partial charge in [-0.25, -0.2) is 4.79 Å². The summed E-state index contributed by atoms with van der Waals surface area (Å²) in [6, 6.07) is 3.82. The molecule has 1 aliphatic rings. The molecule has 22 heavy (non-hydrogen) atoms. The SMILES string of the molecule is O=C(O)c1noc2c1CCSc1cc(OC(F)(F)F)ccc1-2. The minimum atomic E-state index is -4.77. The van der Waals surface area contributed by atoms with Crippen molar-refractivity contribution in [2.75, 3.05) is 5.75 Å². The van der Waals surface area contributed by atoms with Gasteiger partial charge in [-0.3, -0.25) is 0 Å². The van der Waals surface area contributed by atoms with Crippen LogP contribution in [0.1, 0.15) is 16.1 Å². The fraction of sp³-hybridized carbons (Fsp3) is 0.231. The molecule has 3 rings (SSSR count). The summed E-state index contributed by atoms with van der Waals surface area (Å²) in [5.41, 5.74) is 0.786. The standard InChI is InChI=1S/C13H8F3NO4S/c14-13(15,16)20-6-1-2-7-9(5-6)22-4-3-8-10(12(18)19)17-21-11(7)8/h1-2,5H,3-4H2,(H,18,19). The van der Waals surface area contributed by atoms with Crippen LogP contribution in [0.4, 0.5) is 13.2 Å². The lowest BCUT2D eigenvalue weighted by atomic mass is 10.0. The van der Waals surface area contributed by atoms with Gasteiger partial charge in [0.15, 0.2) is 11.5 Å². The highest BCUT2D eigenvalue weighted by Gasteiger charge is 2.32. The number of aromatic nitrogens is 1. The third-order valence-electron chi connectivity index (χ3n) is 3.03. The van der Waals surface area contributed by atoms with Gasteiger partial charge in [-0.2, -0.15) is 0 Å². The number of carboxylic acids is 1. The minimum Gasteiger partial charge on any atom is -0.476 e. The number of carbonyl (C=O) groups is 1. The topological polar surface area (TPSA) is 72.6 Å². The summed E-state index contributed by atoms with van der Waals surface area (Å²) in [5.74, 6) is -0.761. The maximum Gasteiger partial charge on any atom is 0.573 e. The van der Waals surface area contributed by atoms with Crippen molar-refractivity contribution in [2.24, 2.45) is 0 Å². The van der Waals surface area contributed by atoms with Crippen molar-refractivity contribution in [3.63, 3.8) is 0 Å². The zero-order valence-electron chi connectivity index (χ0n) is 10.8. The minimum absolute atomic E-state index is 0.168. The Hall–Kier alpha value is -2.16. The summed E-state index contributed by atoms with van der Waals surface area (Å²) < 4.78 is 45.8. The molecule has 0 saturated heterocycles. The number of rotatable bonds is 2. The van der Waals surface area contributed by atoms with E-state index in [1.54, 1.807) is 0 Å². The first-order valence-electron chi connectivity index (χ1n) is 6.10. The molecule has 0 aliphatic carbocycles. The number of nitrogens with zero attached hydrogens (tertiary/aromatic N) is 1. The van der Waals surface area contributed by atoms with Gasteiger partial charge in [-0.05, 0) is 24.6 Å². The van der Waals surface area contributed by atoms with Crippen molar-refractivity contribution in [1.29, 1.82) is 0 Å². The van der Waals surface area contributed by atoms with Crippen LogP contribution >= 0.6 is 11.8 Å². The number of carboxylic acid groups (broad SMARTS) is 1. The second-order valence-electron chi connectivity index (χ2n) is 4.45. The highest BCUT2D eigenvalue weighted by atomic mass is 32.2. The Morgan fingerprint density at radius 1 is 1.41 bits per heavy atom. The van der Waals surface area contributed by atoms with E-state index in [1.165, 1.54) is 23.9 Å². The summed E-state index contributed by atoms with van der Waals surface area (Å²) in [5, 5.41) is 12.6. The summed E-state index contributed by atoms with van der Waals surface area (Å²) in [6.07, 6.45) is -4.37. The van der Waals surface area contributed by atoms with Crippen LogP contribution in [0.5, 0.6) is 5.75 Å². The Kier molecular flexibility index (Phi) is 3.51. The van der Waals surface area contributed by atoms with Gasteiger partial charge in [0.1, 0.15) is 5.75 Å². The van der Waals surface area contributed by atoms with E-state index in [1.807, 2.05) is 0 Å². The van der Waals surface area contributed by atoms with E-state index in [-0.39, 0.29) is 17.2 Å². The molecule has 2 heterocycles. The zero-order chi connectivity index (χ0) is 15.9. The van der Waals surface area contributed by atoms with E-state index < -0.39 is 12.3 Å². The molecule has 1 N–H and O–H groups in total. The third kappa shape index (κ3) is 2.76. The lowest BCUT2D eigenvalue weighted by Crippen LogP contribution is -2.17. The normalized spacial score (nSPS) is 14.0. The Labute approximate surface area is 126 Å². The van der Waals surface area contributed by atoms with E-state index >= 15 is 0 Å². The molecule has 1 aromatic heterocycles. The smallest absolute Gasteiger partial charge is 0.476 e. The molecular weight excluding hydrogens is 323 g/mol. The molecule has 0 unspecified atom stereocenters. The van der Waals surface area contributed by atoms with Crippen LogP contribution in [0.2, 0.25) is 0 Å². The zero-order valence-corrected chi connectivity index (χ0v) is 11.6. The van der Waals surface area contributed by atoms with Crippen LogP contribution in [-0.2, 0) is 6.42 Å². The molecule has 0 radical (unpaired) electrons. The lowest BCUT2D eigenvalue weighted by molar-refractivity contribution is -0.274. The second kappa shape index (κ2) is 5.24. The van der Waals surface area contributed by atoms with E-state index in [9.17, 15) is 18.0 Å². The van der Waals surface area contributed by atoms with Gasteiger partial charge in [0.2, 0.25) is 0 Å². The Morgan fingerprint density at radius 2 is 2.18 bits per heavy atom. The first-order valence-corrected chi connectivity index (χ1v) is 7.08. The van der Waals surface area contributed by atoms with Gasteiger partial charge >= 0.3 is 12.3 Å². The maximum atomic E-state index is 12.3. The van der Waals surface area contributed by atoms with Crippen molar-refractivity contribution in [1.82, 2.24) is 5.16 Å². The van der Waals surface area contributed by atoms with Gasteiger partial charge in [0, 0.05) is 21.8 Å². The molecule has 1 aliphatic heterocycles. The number of benzene rings is 1. The van der Waals surface area contributed by atoms with Crippen molar-refractivity contribution in [2.45, 2.75) is 17.7 Å². The summed E-state index contributed by atoms with van der Waals surface area (Å²) in [7, 11) is 0. The molecule has 0 fully saturated rings. The van der Waals surface area contributed by atoms with Crippen LogP contribution < -0.4 is 4.74 Å². The van der Waals surface area contributed by atoms with Crippen LogP contribution in [-0.4, -0.2) is 28.3 Å². The van der Waals surface area contributed by atoms with Gasteiger partial charge in [-0.15, -0.1) is 24.9 Å². The molecular formula is C13H8F3NO4S. The number of fused-ring (bicyclic) bond motifs is 3. The van der Waals surface area contributed by atoms with E-state index in [2.05, 4.69) is 9.89 Å². The highest BCUT2D eigenvalue weighted by molar-refractivity contribution is 7.99. The van der Waals surface area contributed by atoms with Crippen LogP contribution in [0.3, 0.4) is 0 Å². The second-order valence-corrected chi connectivity index (χ2v) is 5.58. The average Bonchev–Trinajstić information content (AvgIpc) is 2.73. The fourth-order valence-corrected chi connectivity index (χ4v) is 3.23. The van der Waals surface area contributed by atoms with E-state index in [4.69, 9.17) is 9.63 Å². The molecule has 0 bridgehead atoms. The molecule has 1 aromatic carbocycles. The number of thioether (sulfide) groups is 1. The molecule has 5 nitrogen and oxygen atoms in total. The number of hydrogen-bond acceptors (Lipinski definition) is 5. The van der Waals surface area contributed by atoms with Crippen molar-refractivity contribution in [3.05, 3.63) is 29.5 Å². The summed E-state index contributed by atoms with van der Waals surface area (Å²) in [6.45, 7) is 0. The van der Waals surface area contributed by atoms with Gasteiger partial charge in [0.25, 0.3) is 0 Å². The molecule has 116 valence electrons. The molecule has 0 spiro atoms. The number of ether oxygens (including phenoxy) is 1. The van der Waals surface area contributed by atoms with Crippen molar-refractivity contribution in [3.8, 4) is 17.1 Å². The van der Waals surface area contributed by atoms with Crippen molar-refractivity contribution < 1.29 is 32.3 Å². The third-order valence-corrected chi connectivity index (χ3v) is 4.09. The molecule has 0 amide bonds. The number of halogens is 3. The molecule has 0 atom stereocenters. The first kappa shape index (κ1) is 14.8. The Balaban J connectivity index is 2.05. The van der Waals surface area contributed by atoms with Gasteiger partial charge in [0.05, 0.1) is 0 Å². The van der Waals surface area contributed by atoms with Gasteiger partial charge in [-0.1, -0.05) is 5.16 Å². The van der Waals surface area contributed by atoms with Crippen LogP contribution in [0.25, 0.3) is 11.3 Å². The largest absolute Gasteiger partial charge is 0.573 e. The summed E-state index contributed by atoms with van der Waals surface area (Å²) >= 11 is 1.30. The first-order chi connectivity index (χ1) is 10.3. The van der Waals surface area contributed by atoms with E-state index in [0.717, 1.165) is 6.07 Å². The van der Waals surface area contributed by atoms with Crippen LogP contribution in [0.15, 0.2) is 27.6 Å². The summed E-state index contributed by atoms with van der Waals surface area (Å²) in [4.78, 5) is 11.6. The van der Waals surface area contributed by atoms with Gasteiger partial charge < -0.3 is 14.4 Å². The van der Waals surface area contributed by atoms with Crippen LogP contribution in [0, 0.1) is 0 Å². The molecule has 9 heteroatoms. The molecule has 2 aromatic rings. The quantitative estimate of drug-likeness (QED) is 0.907. The average molecular weight is 331 g/mol. The fourth-order valence-electron chi connectivity index (χ4n) is 2.19. The monoisotopic (exact) mass is 331 g/mol. The number of aromatic carboxylic acids is 1. The lowest BCUT2D eigenvalue weighted by Gasteiger charge is -2.11. The number of alkyl halides is 3. The predicted molar refractivity (Wildman–Crippen MR) is 70.0 cm³/mol. The Bertz CT molecular complexity index is 741. The highest BCUT2D eigenvalue weighted by Crippen LogP contribution is 2.41. The molecule has 0 saturated carbocycles. The predicted octanol–water partition coefficient (Wildman–Crippen LogP) is 3.59. The Morgan fingerprint density at radius 3 is 2.86 bits per heavy atom. The van der Waals surface area contributed by atoms with Crippen molar-refractivity contribution >= 4 is 17.7 Å². The van der Waals surface area contributed by atoms with E-state index in [0.29, 0.717) is 28.2 Å².